The minimum Gasteiger partial charge on any atom is -0.497 e. The van der Waals surface area contributed by atoms with Gasteiger partial charge in [-0.15, -0.1) is 10.2 Å². The first-order chi connectivity index (χ1) is 13.9. The Kier molecular flexibility index (Phi) is 4.83. The Hall–Kier alpha value is -3.20. The molecule has 148 valence electrons. The lowest BCUT2D eigenvalue weighted by Crippen LogP contribution is -2.40. The summed E-state index contributed by atoms with van der Waals surface area (Å²) in [6.45, 7) is 1.56. The highest BCUT2D eigenvalue weighted by molar-refractivity contribution is 9.10. The van der Waals surface area contributed by atoms with Crippen LogP contribution in [0.4, 0.5) is 4.79 Å². The Balaban J connectivity index is 1.55. The second-order valence-electron chi connectivity index (χ2n) is 6.69. The van der Waals surface area contributed by atoms with Crippen molar-refractivity contribution in [2.75, 3.05) is 7.11 Å². The lowest BCUT2D eigenvalue weighted by molar-refractivity contribution is -0.131. The molecule has 0 spiro atoms. The molecule has 1 aliphatic rings. The summed E-state index contributed by atoms with van der Waals surface area (Å²) < 4.78 is 11.6. The molecule has 1 N–H and O–H groups in total. The van der Waals surface area contributed by atoms with Crippen LogP contribution in [0.1, 0.15) is 18.4 Å². The summed E-state index contributed by atoms with van der Waals surface area (Å²) in [7, 11) is 1.58. The van der Waals surface area contributed by atoms with E-state index in [9.17, 15) is 9.59 Å². The molecule has 29 heavy (non-hydrogen) atoms. The second-order valence-corrected chi connectivity index (χ2v) is 7.60. The van der Waals surface area contributed by atoms with Gasteiger partial charge in [-0.05, 0) is 48.9 Å². The van der Waals surface area contributed by atoms with E-state index in [4.69, 9.17) is 9.15 Å². The highest BCUT2D eigenvalue weighted by Crippen LogP contribution is 2.31. The Morgan fingerprint density at radius 3 is 2.62 bits per heavy atom. The number of hydrogen-bond acceptors (Lipinski definition) is 6. The first-order valence-electron chi connectivity index (χ1n) is 8.77. The molecule has 0 unspecified atom stereocenters. The summed E-state index contributed by atoms with van der Waals surface area (Å²) in [6.07, 6.45) is 0. The standard InChI is InChI=1S/C20H17BrN4O4/c1-20(13-4-3-5-14(21)10-13)18(26)25(19(27)22-20)11-16-23-24-17(29-16)12-6-8-15(28-2)9-7-12/h3-10H,11H2,1-2H3,(H,22,27)/t20-/m0/s1. The molecule has 1 aliphatic heterocycles. The van der Waals surface area contributed by atoms with Crippen LogP contribution in [0, 0.1) is 0 Å². The molecule has 1 aromatic heterocycles. The monoisotopic (exact) mass is 456 g/mol. The van der Waals surface area contributed by atoms with E-state index in [1.165, 1.54) is 0 Å². The molecular weight excluding hydrogens is 440 g/mol. The van der Waals surface area contributed by atoms with Gasteiger partial charge in [0.1, 0.15) is 17.8 Å². The van der Waals surface area contributed by atoms with Gasteiger partial charge in [0.2, 0.25) is 11.8 Å². The number of rotatable bonds is 5. The van der Waals surface area contributed by atoms with Crippen LogP contribution in [0.3, 0.4) is 0 Å². The van der Waals surface area contributed by atoms with Crippen LogP contribution in [0.15, 0.2) is 57.4 Å². The maximum atomic E-state index is 13.0. The topological polar surface area (TPSA) is 97.6 Å². The maximum Gasteiger partial charge on any atom is 0.325 e. The summed E-state index contributed by atoms with van der Waals surface area (Å²) in [5.74, 6) is 0.784. The SMILES string of the molecule is COc1ccc(-c2nnc(CN3C(=O)N[C@@](C)(c4cccc(Br)c4)C3=O)o2)cc1. The zero-order valence-electron chi connectivity index (χ0n) is 15.7. The number of nitrogens with one attached hydrogen (secondary N) is 1. The normalized spacial score (nSPS) is 18.8. The van der Waals surface area contributed by atoms with Crippen LogP contribution < -0.4 is 10.1 Å². The van der Waals surface area contributed by atoms with Crippen molar-refractivity contribution in [3.05, 3.63) is 64.5 Å². The first kappa shape index (κ1) is 19.1. The Bertz CT molecular complexity index is 1080. The molecule has 1 atom stereocenters. The van der Waals surface area contributed by atoms with E-state index in [2.05, 4.69) is 31.4 Å². The van der Waals surface area contributed by atoms with Crippen molar-refractivity contribution in [1.82, 2.24) is 20.4 Å². The fourth-order valence-corrected chi connectivity index (χ4v) is 3.54. The number of carbonyl (C=O) groups excluding carboxylic acids is 2. The smallest absolute Gasteiger partial charge is 0.325 e. The molecule has 2 aromatic carbocycles. The summed E-state index contributed by atoms with van der Waals surface area (Å²) in [6, 6.07) is 13.9. The largest absolute Gasteiger partial charge is 0.497 e. The molecule has 4 rings (SSSR count). The van der Waals surface area contributed by atoms with Crippen molar-refractivity contribution in [3.63, 3.8) is 0 Å². The maximum absolute atomic E-state index is 13.0. The van der Waals surface area contributed by atoms with Crippen LogP contribution in [0.5, 0.6) is 5.75 Å². The van der Waals surface area contributed by atoms with E-state index in [1.807, 2.05) is 12.1 Å². The van der Waals surface area contributed by atoms with Gasteiger partial charge < -0.3 is 14.5 Å². The van der Waals surface area contributed by atoms with Gasteiger partial charge in [-0.1, -0.05) is 28.1 Å². The zero-order chi connectivity index (χ0) is 20.6. The van der Waals surface area contributed by atoms with E-state index >= 15 is 0 Å². The Morgan fingerprint density at radius 1 is 1.17 bits per heavy atom. The van der Waals surface area contributed by atoms with Gasteiger partial charge in [0, 0.05) is 10.0 Å². The van der Waals surface area contributed by atoms with Crippen molar-refractivity contribution >= 4 is 27.9 Å². The third-order valence-corrected chi connectivity index (χ3v) is 5.27. The molecule has 3 aromatic rings. The zero-order valence-corrected chi connectivity index (χ0v) is 17.3. The van der Waals surface area contributed by atoms with Crippen LogP contribution in [-0.2, 0) is 16.9 Å². The molecule has 2 heterocycles. The number of methoxy groups -OCH3 is 1. The van der Waals surface area contributed by atoms with Gasteiger partial charge in [0.15, 0.2) is 0 Å². The Labute approximate surface area is 175 Å². The predicted molar refractivity (Wildman–Crippen MR) is 107 cm³/mol. The molecule has 8 nitrogen and oxygen atoms in total. The molecule has 1 fully saturated rings. The average molecular weight is 457 g/mol. The number of hydrogen-bond donors (Lipinski definition) is 1. The van der Waals surface area contributed by atoms with Crippen molar-refractivity contribution in [3.8, 4) is 17.2 Å². The number of nitrogens with zero attached hydrogens (tertiary/aromatic N) is 3. The summed E-state index contributed by atoms with van der Waals surface area (Å²) >= 11 is 3.39. The fraction of sp³-hybridized carbons (Fsp3) is 0.200. The van der Waals surface area contributed by atoms with Crippen LogP contribution in [0.25, 0.3) is 11.5 Å². The molecule has 0 saturated carbocycles. The van der Waals surface area contributed by atoms with Crippen molar-refractivity contribution < 1.29 is 18.7 Å². The van der Waals surface area contributed by atoms with Crippen LogP contribution >= 0.6 is 15.9 Å². The minimum absolute atomic E-state index is 0.114. The number of amides is 3. The third-order valence-electron chi connectivity index (χ3n) is 4.77. The van der Waals surface area contributed by atoms with Gasteiger partial charge in [0.25, 0.3) is 5.91 Å². The molecule has 1 saturated heterocycles. The van der Waals surface area contributed by atoms with Crippen LogP contribution in [-0.4, -0.2) is 34.1 Å². The summed E-state index contributed by atoms with van der Waals surface area (Å²) in [5, 5.41) is 10.7. The van der Waals surface area contributed by atoms with Crippen molar-refractivity contribution in [2.24, 2.45) is 0 Å². The summed E-state index contributed by atoms with van der Waals surface area (Å²) in [5.41, 5.74) is 0.220. The molecule has 0 radical (unpaired) electrons. The van der Waals surface area contributed by atoms with Gasteiger partial charge in [0.05, 0.1) is 7.11 Å². The number of urea groups is 1. The molecule has 0 bridgehead atoms. The number of carbonyl (C=O) groups is 2. The van der Waals surface area contributed by atoms with Crippen molar-refractivity contribution in [1.29, 1.82) is 0 Å². The fourth-order valence-electron chi connectivity index (χ4n) is 3.14. The number of benzene rings is 2. The van der Waals surface area contributed by atoms with E-state index in [-0.39, 0.29) is 18.3 Å². The van der Waals surface area contributed by atoms with Gasteiger partial charge in [-0.25, -0.2) is 4.79 Å². The summed E-state index contributed by atoms with van der Waals surface area (Å²) in [4.78, 5) is 26.6. The first-order valence-corrected chi connectivity index (χ1v) is 9.57. The van der Waals surface area contributed by atoms with Gasteiger partial charge >= 0.3 is 6.03 Å². The highest BCUT2D eigenvalue weighted by atomic mass is 79.9. The van der Waals surface area contributed by atoms with E-state index in [1.54, 1.807) is 50.4 Å². The Morgan fingerprint density at radius 2 is 1.93 bits per heavy atom. The number of imide groups is 1. The molecule has 0 aliphatic carbocycles. The lowest BCUT2D eigenvalue weighted by Gasteiger charge is -2.22. The third kappa shape index (κ3) is 3.49. The molecule has 3 amide bonds. The number of halogens is 1. The number of ether oxygens (including phenoxy) is 1. The van der Waals surface area contributed by atoms with E-state index in [0.29, 0.717) is 22.8 Å². The van der Waals surface area contributed by atoms with Gasteiger partial charge in [-0.3, -0.25) is 9.69 Å². The van der Waals surface area contributed by atoms with E-state index < -0.39 is 11.6 Å². The van der Waals surface area contributed by atoms with E-state index in [0.717, 1.165) is 9.37 Å². The van der Waals surface area contributed by atoms with Gasteiger partial charge in [-0.2, -0.15) is 0 Å². The molecular formula is C20H17BrN4O4. The minimum atomic E-state index is -1.17. The van der Waals surface area contributed by atoms with Crippen molar-refractivity contribution in [2.45, 2.75) is 19.0 Å². The average Bonchev–Trinajstić information content (AvgIpc) is 3.27. The lowest BCUT2D eigenvalue weighted by atomic mass is 9.92. The van der Waals surface area contributed by atoms with Crippen LogP contribution in [0.2, 0.25) is 0 Å². The second kappa shape index (κ2) is 7.32. The quantitative estimate of drug-likeness (QED) is 0.590. The highest BCUT2D eigenvalue weighted by Gasteiger charge is 2.49. The number of aromatic nitrogens is 2. The predicted octanol–water partition coefficient (Wildman–Crippen LogP) is 3.47. The molecule has 9 heteroatoms.